The van der Waals surface area contributed by atoms with Crippen LogP contribution in [0.1, 0.15) is 38.0 Å². The highest BCUT2D eigenvalue weighted by Gasteiger charge is 2.39. The van der Waals surface area contributed by atoms with Crippen LogP contribution in [0.2, 0.25) is 0 Å². The first-order valence-electron chi connectivity index (χ1n) is 15.8. The van der Waals surface area contributed by atoms with Crippen LogP contribution in [0.4, 0.5) is 24.7 Å². The van der Waals surface area contributed by atoms with Gasteiger partial charge in [0, 0.05) is 68.6 Å². The Morgan fingerprint density at radius 2 is 1.73 bits per heavy atom. The van der Waals surface area contributed by atoms with Crippen LogP contribution in [0.3, 0.4) is 0 Å². The molecule has 236 valence electrons. The van der Waals surface area contributed by atoms with Crippen molar-refractivity contribution in [2.24, 2.45) is 11.8 Å². The van der Waals surface area contributed by atoms with Gasteiger partial charge in [-0.25, -0.2) is 4.98 Å². The van der Waals surface area contributed by atoms with Crippen LogP contribution in [0.5, 0.6) is 5.75 Å². The lowest BCUT2D eigenvalue weighted by molar-refractivity contribution is -0.274. The first kappa shape index (κ1) is 29.6. The first-order valence-corrected chi connectivity index (χ1v) is 15.8. The minimum Gasteiger partial charge on any atom is -0.406 e. The van der Waals surface area contributed by atoms with Gasteiger partial charge >= 0.3 is 6.36 Å². The number of ether oxygens (including phenoxy) is 1. The van der Waals surface area contributed by atoms with Gasteiger partial charge in [0.15, 0.2) is 0 Å². The molecule has 0 radical (unpaired) electrons. The number of pyridine rings is 1. The lowest BCUT2D eigenvalue weighted by Crippen LogP contribution is -2.60. The van der Waals surface area contributed by atoms with Crippen molar-refractivity contribution in [3.05, 3.63) is 72.8 Å². The molecule has 11 heteroatoms. The molecule has 2 saturated heterocycles. The number of aromatic nitrogens is 3. The molecule has 45 heavy (non-hydrogen) atoms. The molecule has 3 aliphatic rings. The van der Waals surface area contributed by atoms with E-state index in [-0.39, 0.29) is 11.8 Å². The van der Waals surface area contributed by atoms with Crippen molar-refractivity contribution < 1.29 is 22.4 Å². The van der Waals surface area contributed by atoms with E-state index >= 15 is 0 Å². The number of halogens is 3. The minimum atomic E-state index is -4.74. The maximum absolute atomic E-state index is 12.9. The van der Waals surface area contributed by atoms with Crippen molar-refractivity contribution in [2.45, 2.75) is 57.5 Å². The molecule has 1 saturated carbocycles. The second kappa shape index (κ2) is 12.3. The summed E-state index contributed by atoms with van der Waals surface area (Å²) in [5.74, 6) is 2.66. The van der Waals surface area contributed by atoms with E-state index in [2.05, 4.69) is 42.1 Å². The Kier molecular flexibility index (Phi) is 8.12. The van der Waals surface area contributed by atoms with Crippen LogP contribution >= 0.6 is 0 Å². The average molecular weight is 619 g/mol. The van der Waals surface area contributed by atoms with Crippen molar-refractivity contribution in [1.82, 2.24) is 20.4 Å². The summed E-state index contributed by atoms with van der Waals surface area (Å²) >= 11 is 0. The first-order chi connectivity index (χ1) is 21.8. The summed E-state index contributed by atoms with van der Waals surface area (Å²) in [5.41, 5.74) is 3.58. The molecule has 4 heterocycles. The standard InChI is InChI=1S/C34H37F3N6O2/c1-22-40-33(41-45-22)23-9-11-28(12-10-23)42-16-14-31-27(20-42)19-39-30-8-3-2-5-26(30)21-43(31)32-18-25(13-15-38-32)24-6-4-7-29(17-24)44-34(35,36)37/h4,6-7,9-13,15,17-18,26-27,30-31,39H,2-3,5,8,14,16,19-21H2,1H3. The molecule has 1 N–H and O–H groups in total. The van der Waals surface area contributed by atoms with Gasteiger partial charge in [0.1, 0.15) is 11.6 Å². The number of nitrogens with zero attached hydrogens (tertiary/aromatic N) is 5. The van der Waals surface area contributed by atoms with Crippen molar-refractivity contribution in [2.75, 3.05) is 36.0 Å². The highest BCUT2D eigenvalue weighted by molar-refractivity contribution is 5.68. The SMILES string of the molecule is Cc1nc(-c2ccc(N3CCC4C(CNC5CCCCC5CN4c4cc(-c5cccc(OC(F)(F)F)c5)ccn4)C3)cc2)no1. The van der Waals surface area contributed by atoms with Gasteiger partial charge in [-0.1, -0.05) is 30.1 Å². The number of piperidine rings is 1. The Labute approximate surface area is 260 Å². The highest BCUT2D eigenvalue weighted by atomic mass is 19.4. The molecule has 4 atom stereocenters. The number of aryl methyl sites for hydroxylation is 1. The maximum atomic E-state index is 12.9. The van der Waals surface area contributed by atoms with Crippen LogP contribution in [-0.4, -0.2) is 59.7 Å². The summed E-state index contributed by atoms with van der Waals surface area (Å²) in [7, 11) is 0. The molecule has 8 nitrogen and oxygen atoms in total. The summed E-state index contributed by atoms with van der Waals surface area (Å²) < 4.78 is 48.1. The molecule has 2 aromatic carbocycles. The van der Waals surface area contributed by atoms with Crippen molar-refractivity contribution in [3.8, 4) is 28.3 Å². The van der Waals surface area contributed by atoms with E-state index in [1.54, 1.807) is 19.2 Å². The topological polar surface area (TPSA) is 79.6 Å². The molecule has 0 amide bonds. The molecule has 2 aromatic heterocycles. The maximum Gasteiger partial charge on any atom is 0.573 e. The second-order valence-electron chi connectivity index (χ2n) is 12.4. The van der Waals surface area contributed by atoms with Crippen LogP contribution in [0, 0.1) is 18.8 Å². The zero-order chi connectivity index (χ0) is 31.0. The monoisotopic (exact) mass is 618 g/mol. The van der Waals surface area contributed by atoms with E-state index in [4.69, 9.17) is 9.51 Å². The number of benzene rings is 2. The highest BCUT2D eigenvalue weighted by Crippen LogP contribution is 2.37. The summed E-state index contributed by atoms with van der Waals surface area (Å²) in [5, 5.41) is 8.00. The number of hydrogen-bond donors (Lipinski definition) is 1. The summed E-state index contributed by atoms with van der Waals surface area (Å²) in [6.07, 6.45) is 2.83. The molecule has 4 unspecified atom stereocenters. The molecule has 0 bridgehead atoms. The van der Waals surface area contributed by atoms with E-state index in [1.807, 2.05) is 30.3 Å². The van der Waals surface area contributed by atoms with Gasteiger partial charge < -0.3 is 24.4 Å². The summed E-state index contributed by atoms with van der Waals surface area (Å²) in [6.45, 7) is 5.43. The summed E-state index contributed by atoms with van der Waals surface area (Å²) in [6, 6.07) is 19.1. The zero-order valence-corrected chi connectivity index (χ0v) is 25.2. The van der Waals surface area contributed by atoms with E-state index in [0.29, 0.717) is 35.2 Å². The molecule has 1 aliphatic carbocycles. The molecule has 4 aromatic rings. The number of alkyl halides is 3. The molecular formula is C34H37F3N6O2. The molecule has 2 aliphatic heterocycles. The quantitative estimate of drug-likeness (QED) is 0.260. The van der Waals surface area contributed by atoms with E-state index in [0.717, 1.165) is 49.5 Å². The Morgan fingerprint density at radius 1 is 0.911 bits per heavy atom. The molecule has 3 fully saturated rings. The third-order valence-corrected chi connectivity index (χ3v) is 9.54. The molecule has 0 spiro atoms. The van der Waals surface area contributed by atoms with Crippen molar-refractivity contribution in [3.63, 3.8) is 0 Å². The average Bonchev–Trinajstić information content (AvgIpc) is 3.47. The number of nitrogens with one attached hydrogen (secondary N) is 1. The van der Waals surface area contributed by atoms with Crippen LogP contribution < -0.4 is 19.9 Å². The predicted octanol–water partition coefficient (Wildman–Crippen LogP) is 6.87. The Bertz CT molecular complexity index is 1610. The summed E-state index contributed by atoms with van der Waals surface area (Å²) in [4.78, 5) is 14.2. The van der Waals surface area contributed by atoms with Gasteiger partial charge in [-0.15, -0.1) is 13.2 Å². The van der Waals surface area contributed by atoms with Gasteiger partial charge in [-0.2, -0.15) is 4.98 Å². The minimum absolute atomic E-state index is 0.228. The Balaban J connectivity index is 1.15. The smallest absolute Gasteiger partial charge is 0.406 e. The van der Waals surface area contributed by atoms with Gasteiger partial charge in [-0.05, 0) is 84.8 Å². The Hall–Kier alpha value is -4.12. The number of hydrogen-bond acceptors (Lipinski definition) is 8. The van der Waals surface area contributed by atoms with Crippen LogP contribution in [0.25, 0.3) is 22.5 Å². The Morgan fingerprint density at radius 3 is 2.53 bits per heavy atom. The lowest BCUT2D eigenvalue weighted by Gasteiger charge is -2.50. The second-order valence-corrected chi connectivity index (χ2v) is 12.4. The molecular weight excluding hydrogens is 581 g/mol. The van der Waals surface area contributed by atoms with E-state index in [9.17, 15) is 13.2 Å². The van der Waals surface area contributed by atoms with Crippen LogP contribution in [-0.2, 0) is 0 Å². The fraction of sp³-hybridized carbons (Fsp3) is 0.441. The van der Waals surface area contributed by atoms with Crippen molar-refractivity contribution >= 4 is 11.5 Å². The molecule has 7 rings (SSSR count). The third-order valence-electron chi connectivity index (χ3n) is 9.54. The predicted molar refractivity (Wildman–Crippen MR) is 166 cm³/mol. The number of anilines is 2. The van der Waals surface area contributed by atoms with Crippen LogP contribution in [0.15, 0.2) is 71.4 Å². The zero-order valence-electron chi connectivity index (χ0n) is 25.2. The van der Waals surface area contributed by atoms with Gasteiger partial charge in [0.25, 0.3) is 0 Å². The van der Waals surface area contributed by atoms with Gasteiger partial charge in [0.2, 0.25) is 11.7 Å². The third kappa shape index (κ3) is 6.63. The van der Waals surface area contributed by atoms with E-state index in [1.165, 1.54) is 43.5 Å². The fourth-order valence-electron chi connectivity index (χ4n) is 7.38. The lowest BCUT2D eigenvalue weighted by atomic mass is 9.80. The fourth-order valence-corrected chi connectivity index (χ4v) is 7.38. The van der Waals surface area contributed by atoms with Crippen molar-refractivity contribution in [1.29, 1.82) is 0 Å². The normalized spacial score (nSPS) is 23.9. The van der Waals surface area contributed by atoms with Gasteiger partial charge in [0.05, 0.1) is 0 Å². The van der Waals surface area contributed by atoms with Gasteiger partial charge in [-0.3, -0.25) is 0 Å². The largest absolute Gasteiger partial charge is 0.573 e. The number of rotatable bonds is 5. The number of fused-ring (bicyclic) bond motifs is 2. The van der Waals surface area contributed by atoms with E-state index < -0.39 is 6.36 Å².